The van der Waals surface area contributed by atoms with Gasteiger partial charge in [-0.05, 0) is 31.2 Å². The highest BCUT2D eigenvalue weighted by Crippen LogP contribution is 2.28. The molecule has 4 rings (SSSR count). The summed E-state index contributed by atoms with van der Waals surface area (Å²) in [7, 11) is -1.90. The highest BCUT2D eigenvalue weighted by molar-refractivity contribution is 7.89. The molecule has 0 N–H and O–H groups in total. The van der Waals surface area contributed by atoms with Crippen LogP contribution in [0.3, 0.4) is 0 Å². The average molecular weight is 499 g/mol. The second-order valence-corrected chi connectivity index (χ2v) is 11.0. The van der Waals surface area contributed by atoms with Gasteiger partial charge in [-0.15, -0.1) is 11.3 Å². The molecule has 10 heteroatoms. The summed E-state index contributed by atoms with van der Waals surface area (Å²) in [5.41, 5.74) is 0.898. The zero-order chi connectivity index (χ0) is 24.3. The van der Waals surface area contributed by atoms with Crippen molar-refractivity contribution in [3.05, 3.63) is 71.8 Å². The molecule has 0 bridgehead atoms. The van der Waals surface area contributed by atoms with E-state index in [0.717, 1.165) is 15.2 Å². The minimum absolute atomic E-state index is 0.208. The van der Waals surface area contributed by atoms with E-state index in [1.807, 2.05) is 31.2 Å². The number of aromatic nitrogens is 1. The molecule has 8 nitrogen and oxygen atoms in total. The molecule has 1 unspecified atom stereocenters. The molecule has 0 radical (unpaired) electrons. The zero-order valence-electron chi connectivity index (χ0n) is 19.0. The number of hydrogen-bond donors (Lipinski definition) is 0. The summed E-state index contributed by atoms with van der Waals surface area (Å²) < 4.78 is 27.9. The standard InChI is InChI=1S/C24H26N4O4S2/c1-18(24-25-20-10-6-7-11-21(20)33-24)26(2)22(29)12-13-23(30)27-14-16-28(17-15-27)34(31,32)19-8-4-3-5-9-19/h3-13,18H,14-17H2,1-2H3. The van der Waals surface area contributed by atoms with Crippen LogP contribution in [0.4, 0.5) is 0 Å². The van der Waals surface area contributed by atoms with Crippen molar-refractivity contribution >= 4 is 43.4 Å². The maximum absolute atomic E-state index is 12.7. The molecule has 1 aromatic heterocycles. The highest BCUT2D eigenvalue weighted by atomic mass is 32.2. The number of hydrogen-bond acceptors (Lipinski definition) is 6. The molecule has 0 aliphatic carbocycles. The Balaban J connectivity index is 1.33. The smallest absolute Gasteiger partial charge is 0.247 e. The fourth-order valence-electron chi connectivity index (χ4n) is 3.68. The monoisotopic (exact) mass is 498 g/mol. The molecule has 1 aliphatic rings. The topological polar surface area (TPSA) is 90.9 Å². The zero-order valence-corrected chi connectivity index (χ0v) is 20.6. The van der Waals surface area contributed by atoms with Gasteiger partial charge in [-0.2, -0.15) is 4.31 Å². The molecule has 2 heterocycles. The fraction of sp³-hybridized carbons (Fsp3) is 0.292. The minimum atomic E-state index is -3.58. The van der Waals surface area contributed by atoms with Crippen LogP contribution in [-0.2, 0) is 19.6 Å². The third-order valence-electron chi connectivity index (χ3n) is 5.90. The fourth-order valence-corrected chi connectivity index (χ4v) is 6.19. The number of amides is 2. The van der Waals surface area contributed by atoms with Crippen LogP contribution in [0.25, 0.3) is 10.2 Å². The number of carbonyl (C=O) groups excluding carboxylic acids is 2. The number of piperazine rings is 1. The molecule has 1 atom stereocenters. The summed E-state index contributed by atoms with van der Waals surface area (Å²) in [4.78, 5) is 33.2. The van der Waals surface area contributed by atoms with Crippen molar-refractivity contribution in [1.82, 2.24) is 19.1 Å². The van der Waals surface area contributed by atoms with E-state index in [1.165, 1.54) is 16.5 Å². The van der Waals surface area contributed by atoms with Crippen LogP contribution < -0.4 is 0 Å². The lowest BCUT2D eigenvalue weighted by atomic mass is 10.3. The first kappa shape index (κ1) is 24.1. The first-order chi connectivity index (χ1) is 16.3. The quantitative estimate of drug-likeness (QED) is 0.488. The molecular weight excluding hydrogens is 472 g/mol. The predicted molar refractivity (Wildman–Crippen MR) is 132 cm³/mol. The summed E-state index contributed by atoms with van der Waals surface area (Å²) >= 11 is 1.54. The number of sulfonamides is 1. The van der Waals surface area contributed by atoms with Gasteiger partial charge >= 0.3 is 0 Å². The third-order valence-corrected chi connectivity index (χ3v) is 9.02. The van der Waals surface area contributed by atoms with E-state index in [1.54, 1.807) is 58.5 Å². The second kappa shape index (κ2) is 10.0. The minimum Gasteiger partial charge on any atom is -0.337 e. The van der Waals surface area contributed by atoms with Crippen LogP contribution >= 0.6 is 11.3 Å². The molecule has 3 aromatic rings. The van der Waals surface area contributed by atoms with Gasteiger partial charge in [0.15, 0.2) is 0 Å². The highest BCUT2D eigenvalue weighted by Gasteiger charge is 2.29. The number of rotatable bonds is 6. The number of fused-ring (bicyclic) bond motifs is 1. The van der Waals surface area contributed by atoms with E-state index in [4.69, 9.17) is 0 Å². The van der Waals surface area contributed by atoms with Crippen molar-refractivity contribution in [3.8, 4) is 0 Å². The van der Waals surface area contributed by atoms with Crippen molar-refractivity contribution in [3.63, 3.8) is 0 Å². The molecule has 1 saturated heterocycles. The first-order valence-electron chi connectivity index (χ1n) is 10.9. The van der Waals surface area contributed by atoms with E-state index in [0.29, 0.717) is 0 Å². The summed E-state index contributed by atoms with van der Waals surface area (Å²) in [6, 6.07) is 15.8. The van der Waals surface area contributed by atoms with Crippen LogP contribution in [0.2, 0.25) is 0 Å². The Morgan fingerprint density at radius 1 is 1.00 bits per heavy atom. The van der Waals surface area contributed by atoms with Crippen molar-refractivity contribution in [2.45, 2.75) is 17.9 Å². The van der Waals surface area contributed by atoms with Crippen molar-refractivity contribution in [2.24, 2.45) is 0 Å². The molecule has 2 aromatic carbocycles. The van der Waals surface area contributed by atoms with Crippen LogP contribution in [-0.4, -0.2) is 72.5 Å². The van der Waals surface area contributed by atoms with Gasteiger partial charge in [-0.1, -0.05) is 30.3 Å². The summed E-state index contributed by atoms with van der Waals surface area (Å²) in [6.07, 6.45) is 2.52. The molecular formula is C24H26N4O4S2. The summed E-state index contributed by atoms with van der Waals surface area (Å²) in [6.45, 7) is 2.85. The van der Waals surface area contributed by atoms with Crippen molar-refractivity contribution < 1.29 is 18.0 Å². The molecule has 0 saturated carbocycles. The molecule has 1 fully saturated rings. The molecule has 1 aliphatic heterocycles. The Morgan fingerprint density at radius 2 is 1.65 bits per heavy atom. The Bertz CT molecular complexity index is 1280. The number of carbonyl (C=O) groups is 2. The van der Waals surface area contributed by atoms with Gasteiger partial charge in [0.25, 0.3) is 0 Å². The van der Waals surface area contributed by atoms with E-state index in [9.17, 15) is 18.0 Å². The van der Waals surface area contributed by atoms with Gasteiger partial charge in [0.2, 0.25) is 21.8 Å². The number of thiazole rings is 1. The SMILES string of the molecule is CC(c1nc2ccccc2s1)N(C)C(=O)C=CC(=O)N1CCN(S(=O)(=O)c2ccccc2)CC1. The Kier molecular flexibility index (Phi) is 7.11. The second-order valence-electron chi connectivity index (χ2n) is 8.02. The largest absolute Gasteiger partial charge is 0.337 e. The van der Waals surface area contributed by atoms with Crippen molar-refractivity contribution in [1.29, 1.82) is 0 Å². The Hall–Kier alpha value is -3.08. The molecule has 34 heavy (non-hydrogen) atoms. The number of benzene rings is 2. The number of nitrogens with zero attached hydrogens (tertiary/aromatic N) is 4. The van der Waals surface area contributed by atoms with Crippen molar-refractivity contribution in [2.75, 3.05) is 33.2 Å². The van der Waals surface area contributed by atoms with Crippen LogP contribution in [0.1, 0.15) is 18.0 Å². The summed E-state index contributed by atoms with van der Waals surface area (Å²) in [5.74, 6) is -0.614. The molecule has 178 valence electrons. The third kappa shape index (κ3) is 5.03. The predicted octanol–water partition coefficient (Wildman–Crippen LogP) is 2.91. The summed E-state index contributed by atoms with van der Waals surface area (Å²) in [5, 5.41) is 0.826. The van der Waals surface area contributed by atoms with Crippen LogP contribution in [0.5, 0.6) is 0 Å². The molecule has 2 amide bonds. The van der Waals surface area contributed by atoms with Crippen LogP contribution in [0, 0.1) is 0 Å². The van der Waals surface area contributed by atoms with E-state index in [2.05, 4.69) is 4.98 Å². The first-order valence-corrected chi connectivity index (χ1v) is 13.2. The Morgan fingerprint density at radius 3 is 2.32 bits per heavy atom. The molecule has 0 spiro atoms. The lowest BCUT2D eigenvalue weighted by Crippen LogP contribution is -2.50. The lowest BCUT2D eigenvalue weighted by Gasteiger charge is -2.33. The van der Waals surface area contributed by atoms with Gasteiger partial charge in [0.1, 0.15) is 5.01 Å². The van der Waals surface area contributed by atoms with Gasteiger partial charge in [0, 0.05) is 45.4 Å². The van der Waals surface area contributed by atoms with Gasteiger partial charge in [0.05, 0.1) is 21.2 Å². The van der Waals surface area contributed by atoms with Gasteiger partial charge in [-0.25, -0.2) is 13.4 Å². The van der Waals surface area contributed by atoms with Crippen LogP contribution in [0.15, 0.2) is 71.6 Å². The maximum atomic E-state index is 12.7. The van der Waals surface area contributed by atoms with E-state index in [-0.39, 0.29) is 48.9 Å². The Labute approximate surface area is 203 Å². The normalized spacial score (nSPS) is 16.1. The number of para-hydroxylation sites is 1. The average Bonchev–Trinajstić information content (AvgIpc) is 3.31. The lowest BCUT2D eigenvalue weighted by molar-refractivity contribution is -0.129. The van der Waals surface area contributed by atoms with E-state index >= 15 is 0 Å². The number of likely N-dealkylation sites (N-methyl/N-ethyl adjacent to an activating group) is 1. The van der Waals surface area contributed by atoms with Gasteiger partial charge < -0.3 is 9.80 Å². The maximum Gasteiger partial charge on any atom is 0.247 e. The van der Waals surface area contributed by atoms with Gasteiger partial charge in [-0.3, -0.25) is 9.59 Å². The van der Waals surface area contributed by atoms with E-state index < -0.39 is 10.0 Å².